The van der Waals surface area contributed by atoms with Gasteiger partial charge in [-0.25, -0.2) is 8.42 Å². The number of hydrogen-bond acceptors (Lipinski definition) is 4. The van der Waals surface area contributed by atoms with Crippen LogP contribution in [0.15, 0.2) is 24.3 Å². The van der Waals surface area contributed by atoms with Crippen LogP contribution in [0.2, 0.25) is 0 Å². The Bertz CT molecular complexity index is 558. The average molecular weight is 285 g/mol. The number of carbonyl (C=O) groups excluding carboxylic acids is 1. The maximum atomic E-state index is 11.6. The summed E-state index contributed by atoms with van der Waals surface area (Å²) < 4.78 is 29.8. The molecule has 0 heterocycles. The number of benzene rings is 1. The van der Waals surface area contributed by atoms with Crippen molar-refractivity contribution in [1.29, 1.82) is 0 Å². The highest BCUT2D eigenvalue weighted by molar-refractivity contribution is 7.92. The Balaban J connectivity index is 2.71. The van der Waals surface area contributed by atoms with Crippen molar-refractivity contribution in [2.24, 2.45) is 5.41 Å². The number of hydrogen-bond donors (Lipinski definition) is 1. The van der Waals surface area contributed by atoms with Gasteiger partial charge in [-0.3, -0.25) is 9.52 Å². The van der Waals surface area contributed by atoms with Crippen LogP contribution in [0.3, 0.4) is 0 Å². The van der Waals surface area contributed by atoms with Crippen LogP contribution in [0.25, 0.3) is 0 Å². The van der Waals surface area contributed by atoms with E-state index >= 15 is 0 Å². The molecule has 0 unspecified atom stereocenters. The molecule has 19 heavy (non-hydrogen) atoms. The monoisotopic (exact) mass is 285 g/mol. The van der Waals surface area contributed by atoms with Crippen molar-refractivity contribution in [2.75, 3.05) is 11.0 Å². The zero-order chi connectivity index (χ0) is 14.7. The van der Waals surface area contributed by atoms with Gasteiger partial charge in [-0.1, -0.05) is 12.1 Å². The van der Waals surface area contributed by atoms with E-state index in [2.05, 4.69) is 4.72 Å². The molecule has 1 aromatic carbocycles. The first-order chi connectivity index (χ1) is 8.58. The molecule has 1 rings (SSSR count). The number of ether oxygens (including phenoxy) is 1. The van der Waals surface area contributed by atoms with Crippen LogP contribution in [-0.2, 0) is 26.2 Å². The minimum absolute atomic E-state index is 0.120. The third-order valence-electron chi connectivity index (χ3n) is 2.21. The van der Waals surface area contributed by atoms with Crippen molar-refractivity contribution in [2.45, 2.75) is 27.4 Å². The molecule has 0 bridgehead atoms. The van der Waals surface area contributed by atoms with Gasteiger partial charge < -0.3 is 4.74 Å². The van der Waals surface area contributed by atoms with Crippen LogP contribution in [0.5, 0.6) is 0 Å². The highest BCUT2D eigenvalue weighted by Gasteiger charge is 2.22. The molecule has 5 nitrogen and oxygen atoms in total. The summed E-state index contributed by atoms with van der Waals surface area (Å²) in [4.78, 5) is 11.6. The van der Waals surface area contributed by atoms with E-state index in [0.717, 1.165) is 11.8 Å². The number of sulfonamides is 1. The van der Waals surface area contributed by atoms with Gasteiger partial charge in [0.25, 0.3) is 0 Å². The largest absolute Gasteiger partial charge is 0.460 e. The predicted octanol–water partition coefficient (Wildman–Crippen LogP) is 2.15. The molecule has 0 saturated carbocycles. The number of nitrogens with one attached hydrogen (secondary N) is 1. The maximum absolute atomic E-state index is 11.6. The Kier molecular flexibility index (Phi) is 4.57. The molecule has 106 valence electrons. The third kappa shape index (κ3) is 5.74. The number of esters is 1. The molecular formula is C13H19NO4S. The molecule has 0 aliphatic carbocycles. The van der Waals surface area contributed by atoms with E-state index in [9.17, 15) is 13.2 Å². The number of anilines is 1. The Labute approximate surface area is 114 Å². The van der Waals surface area contributed by atoms with Gasteiger partial charge in [0.1, 0.15) is 6.61 Å². The second-order valence-corrected chi connectivity index (χ2v) is 7.15. The summed E-state index contributed by atoms with van der Waals surface area (Å²) in [6.07, 6.45) is 1.08. The lowest BCUT2D eigenvalue weighted by molar-refractivity contribution is -0.154. The van der Waals surface area contributed by atoms with E-state index in [1.165, 1.54) is 0 Å². The first-order valence-electron chi connectivity index (χ1n) is 5.82. The molecule has 1 N–H and O–H groups in total. The summed E-state index contributed by atoms with van der Waals surface area (Å²) in [5.74, 6) is -0.297. The van der Waals surface area contributed by atoms with E-state index in [0.29, 0.717) is 5.69 Å². The van der Waals surface area contributed by atoms with Gasteiger partial charge in [0.2, 0.25) is 10.0 Å². The van der Waals surface area contributed by atoms with Gasteiger partial charge in [-0.15, -0.1) is 0 Å². The molecule has 0 aliphatic heterocycles. The Morgan fingerprint density at radius 2 is 1.95 bits per heavy atom. The smallest absolute Gasteiger partial charge is 0.311 e. The van der Waals surface area contributed by atoms with Gasteiger partial charge >= 0.3 is 5.97 Å². The minimum Gasteiger partial charge on any atom is -0.460 e. The second-order valence-electron chi connectivity index (χ2n) is 5.40. The van der Waals surface area contributed by atoms with Gasteiger partial charge in [-0.05, 0) is 38.5 Å². The lowest BCUT2D eigenvalue weighted by Gasteiger charge is -2.16. The lowest BCUT2D eigenvalue weighted by atomic mass is 9.97. The van der Waals surface area contributed by atoms with Crippen molar-refractivity contribution in [3.05, 3.63) is 29.8 Å². The molecule has 6 heteroatoms. The van der Waals surface area contributed by atoms with Gasteiger partial charge in [0.15, 0.2) is 0 Å². The van der Waals surface area contributed by atoms with Gasteiger partial charge in [0.05, 0.1) is 11.7 Å². The molecule has 1 aromatic rings. The minimum atomic E-state index is -3.31. The zero-order valence-electron chi connectivity index (χ0n) is 11.6. The number of rotatable bonds is 4. The molecule has 0 spiro atoms. The van der Waals surface area contributed by atoms with Crippen LogP contribution in [-0.4, -0.2) is 20.6 Å². The summed E-state index contributed by atoms with van der Waals surface area (Å²) in [6.45, 7) is 5.44. The third-order valence-corrected chi connectivity index (χ3v) is 2.82. The van der Waals surface area contributed by atoms with Crippen LogP contribution < -0.4 is 4.72 Å². The normalized spacial score (nSPS) is 12.0. The summed E-state index contributed by atoms with van der Waals surface area (Å²) >= 11 is 0. The summed E-state index contributed by atoms with van der Waals surface area (Å²) in [5.41, 5.74) is 0.626. The van der Waals surface area contributed by atoms with Crippen LogP contribution >= 0.6 is 0 Å². The quantitative estimate of drug-likeness (QED) is 0.860. The van der Waals surface area contributed by atoms with Crippen LogP contribution in [0, 0.1) is 5.41 Å². The predicted molar refractivity (Wildman–Crippen MR) is 74.2 cm³/mol. The van der Waals surface area contributed by atoms with Crippen molar-refractivity contribution < 1.29 is 17.9 Å². The fraction of sp³-hybridized carbons (Fsp3) is 0.462. The Morgan fingerprint density at radius 3 is 2.47 bits per heavy atom. The summed E-state index contributed by atoms with van der Waals surface area (Å²) in [5, 5.41) is 0. The summed E-state index contributed by atoms with van der Waals surface area (Å²) in [7, 11) is -3.31. The van der Waals surface area contributed by atoms with Crippen molar-refractivity contribution in [1.82, 2.24) is 0 Å². The fourth-order valence-corrected chi connectivity index (χ4v) is 1.86. The SMILES string of the molecule is CC(C)(C)C(=O)OCc1cccc(NS(C)(=O)=O)c1. The summed E-state index contributed by atoms with van der Waals surface area (Å²) in [6, 6.07) is 6.74. The lowest BCUT2D eigenvalue weighted by Crippen LogP contribution is -2.22. The maximum Gasteiger partial charge on any atom is 0.311 e. The number of carbonyl (C=O) groups is 1. The van der Waals surface area contributed by atoms with Crippen molar-refractivity contribution >= 4 is 21.7 Å². The fourth-order valence-electron chi connectivity index (χ4n) is 1.30. The molecule has 0 fully saturated rings. The van der Waals surface area contributed by atoms with Gasteiger partial charge in [0, 0.05) is 5.69 Å². The van der Waals surface area contributed by atoms with E-state index < -0.39 is 15.4 Å². The zero-order valence-corrected chi connectivity index (χ0v) is 12.4. The van der Waals surface area contributed by atoms with E-state index in [1.807, 2.05) is 0 Å². The second kappa shape index (κ2) is 5.61. The van der Waals surface area contributed by atoms with Crippen LogP contribution in [0.1, 0.15) is 26.3 Å². The molecule has 0 aliphatic rings. The Hall–Kier alpha value is -1.56. The van der Waals surface area contributed by atoms with E-state index in [1.54, 1.807) is 45.0 Å². The first-order valence-corrected chi connectivity index (χ1v) is 7.71. The molecule has 0 saturated heterocycles. The molecule has 0 amide bonds. The molecule has 0 radical (unpaired) electrons. The molecule has 0 atom stereocenters. The highest BCUT2D eigenvalue weighted by atomic mass is 32.2. The highest BCUT2D eigenvalue weighted by Crippen LogP contribution is 2.18. The average Bonchev–Trinajstić information content (AvgIpc) is 2.22. The first kappa shape index (κ1) is 15.5. The van der Waals surface area contributed by atoms with E-state index in [-0.39, 0.29) is 12.6 Å². The van der Waals surface area contributed by atoms with E-state index in [4.69, 9.17) is 4.74 Å². The standard InChI is InChI=1S/C13H19NO4S/c1-13(2,3)12(15)18-9-10-6-5-7-11(8-10)14-19(4,16)17/h5-8,14H,9H2,1-4H3. The molecular weight excluding hydrogens is 266 g/mol. The van der Waals surface area contributed by atoms with Crippen molar-refractivity contribution in [3.8, 4) is 0 Å². The molecule has 0 aromatic heterocycles. The van der Waals surface area contributed by atoms with Crippen LogP contribution in [0.4, 0.5) is 5.69 Å². The van der Waals surface area contributed by atoms with Gasteiger partial charge in [-0.2, -0.15) is 0 Å². The van der Waals surface area contributed by atoms with Crippen molar-refractivity contribution in [3.63, 3.8) is 0 Å². The topological polar surface area (TPSA) is 72.5 Å². The Morgan fingerprint density at radius 1 is 1.32 bits per heavy atom.